The van der Waals surface area contributed by atoms with Crippen molar-refractivity contribution < 1.29 is 14.3 Å². The van der Waals surface area contributed by atoms with Crippen LogP contribution in [0.5, 0.6) is 5.75 Å². The predicted molar refractivity (Wildman–Crippen MR) is 122 cm³/mol. The fraction of sp³-hybridized carbons (Fsp3) is 0.500. The van der Waals surface area contributed by atoms with Crippen LogP contribution in [-0.4, -0.2) is 63.8 Å². The molecule has 1 amide bonds. The maximum Gasteiger partial charge on any atom is 0.241 e. The number of guanidine groups is 1. The number of hydrogen-bond acceptors (Lipinski definition) is 4. The predicted octanol–water partition coefficient (Wildman–Crippen LogP) is 2.03. The number of hydrogen-bond donors (Lipinski definition) is 2. The molecule has 0 aromatic heterocycles. The van der Waals surface area contributed by atoms with Gasteiger partial charge in [-0.15, -0.1) is 24.0 Å². The molecule has 1 aromatic rings. The highest BCUT2D eigenvalue weighted by molar-refractivity contribution is 14.0. The van der Waals surface area contributed by atoms with E-state index in [0.29, 0.717) is 25.0 Å². The average molecular weight is 502 g/mol. The van der Waals surface area contributed by atoms with E-state index in [1.165, 1.54) is 0 Å². The summed E-state index contributed by atoms with van der Waals surface area (Å²) in [5, 5.41) is 6.43. The molecular weight excluding hydrogens is 471 g/mol. The first-order valence-electron chi connectivity index (χ1n) is 9.21. The van der Waals surface area contributed by atoms with Gasteiger partial charge >= 0.3 is 0 Å². The van der Waals surface area contributed by atoms with Gasteiger partial charge in [-0.3, -0.25) is 4.79 Å². The fourth-order valence-electron chi connectivity index (χ4n) is 2.57. The van der Waals surface area contributed by atoms with E-state index in [-0.39, 0.29) is 36.4 Å². The molecule has 1 saturated heterocycles. The molecule has 1 fully saturated rings. The summed E-state index contributed by atoms with van der Waals surface area (Å²) >= 11 is 0. The Kier molecular flexibility index (Phi) is 11.6. The first-order valence-corrected chi connectivity index (χ1v) is 9.21. The third-order valence-corrected chi connectivity index (χ3v) is 4.22. The number of nitrogens with zero attached hydrogens (tertiary/aromatic N) is 2. The number of carbonyl (C=O) groups is 1. The second-order valence-corrected chi connectivity index (χ2v) is 6.62. The maximum atomic E-state index is 11.9. The molecule has 1 aromatic carbocycles. The molecule has 2 N–H and O–H groups in total. The van der Waals surface area contributed by atoms with Crippen LogP contribution in [0.4, 0.5) is 0 Å². The third-order valence-electron chi connectivity index (χ3n) is 4.22. The summed E-state index contributed by atoms with van der Waals surface area (Å²) in [6, 6.07) is 7.78. The highest BCUT2D eigenvalue weighted by Crippen LogP contribution is 2.18. The smallest absolute Gasteiger partial charge is 0.241 e. The van der Waals surface area contributed by atoms with Gasteiger partial charge in [-0.1, -0.05) is 30.9 Å². The number of benzene rings is 1. The van der Waals surface area contributed by atoms with Crippen molar-refractivity contribution in [3.05, 3.63) is 42.5 Å². The van der Waals surface area contributed by atoms with Crippen molar-refractivity contribution in [2.75, 3.05) is 47.0 Å². The first-order chi connectivity index (χ1) is 13.1. The number of para-hydroxylation sites is 1. The van der Waals surface area contributed by atoms with Crippen molar-refractivity contribution >= 4 is 35.8 Å². The second-order valence-electron chi connectivity index (χ2n) is 6.62. The molecule has 8 heteroatoms. The topological polar surface area (TPSA) is 75.2 Å². The molecule has 7 nitrogen and oxygen atoms in total. The molecule has 1 aliphatic heterocycles. The minimum Gasteiger partial charge on any atom is -0.489 e. The van der Waals surface area contributed by atoms with Crippen molar-refractivity contribution in [3.63, 3.8) is 0 Å². The van der Waals surface area contributed by atoms with Crippen LogP contribution in [0.1, 0.15) is 12.0 Å². The van der Waals surface area contributed by atoms with Gasteiger partial charge in [0.05, 0.1) is 19.7 Å². The zero-order valence-corrected chi connectivity index (χ0v) is 19.0. The normalized spacial score (nSPS) is 16.1. The molecule has 0 saturated carbocycles. The number of nitrogens with one attached hydrogen (secondary N) is 2. The largest absolute Gasteiger partial charge is 0.489 e. The molecule has 2 rings (SSSR count). The van der Waals surface area contributed by atoms with Crippen molar-refractivity contribution in [1.82, 2.24) is 15.5 Å². The van der Waals surface area contributed by atoms with Gasteiger partial charge in [0.25, 0.3) is 0 Å². The lowest BCUT2D eigenvalue weighted by atomic mass is 10.1. The van der Waals surface area contributed by atoms with Crippen LogP contribution >= 0.6 is 24.0 Å². The van der Waals surface area contributed by atoms with Gasteiger partial charge < -0.3 is 25.0 Å². The highest BCUT2D eigenvalue weighted by Gasteiger charge is 2.16. The lowest BCUT2D eigenvalue weighted by molar-refractivity contribution is -0.127. The number of rotatable bonds is 9. The molecule has 156 valence electrons. The Morgan fingerprint density at radius 3 is 2.86 bits per heavy atom. The Balaban J connectivity index is 0.00000392. The van der Waals surface area contributed by atoms with E-state index in [4.69, 9.17) is 9.47 Å². The average Bonchev–Trinajstić information content (AvgIpc) is 3.19. The van der Waals surface area contributed by atoms with E-state index in [1.807, 2.05) is 24.3 Å². The lowest BCUT2D eigenvalue weighted by Crippen LogP contribution is -2.44. The number of carbonyl (C=O) groups excluding carboxylic acids is 1. The fourth-order valence-corrected chi connectivity index (χ4v) is 2.57. The quantitative estimate of drug-likeness (QED) is 0.234. The van der Waals surface area contributed by atoms with Crippen LogP contribution in [0.3, 0.4) is 0 Å². The summed E-state index contributed by atoms with van der Waals surface area (Å²) in [4.78, 5) is 18.1. The zero-order chi connectivity index (χ0) is 19.5. The Morgan fingerprint density at radius 2 is 2.18 bits per heavy atom. The standard InChI is InChI=1S/C20H30N4O3.HI/c1-4-10-27-18-8-6-5-7-17(18)13-22-20(23-14-19(25)24(2)3)21-12-16-9-11-26-15-16;/h4-8,16H,1,9-15H2,2-3H3,(H2,21,22,23);1H. The Hall–Kier alpha value is -1.81. The van der Waals surface area contributed by atoms with E-state index in [1.54, 1.807) is 25.1 Å². The van der Waals surface area contributed by atoms with Crippen molar-refractivity contribution in [3.8, 4) is 5.75 Å². The summed E-state index contributed by atoms with van der Waals surface area (Å²) < 4.78 is 11.1. The summed E-state index contributed by atoms with van der Waals surface area (Å²) in [6.45, 7) is 7.08. The zero-order valence-electron chi connectivity index (χ0n) is 16.6. The summed E-state index contributed by atoms with van der Waals surface area (Å²) in [6.07, 6.45) is 2.75. The van der Waals surface area contributed by atoms with Crippen molar-refractivity contribution in [2.24, 2.45) is 10.9 Å². The molecule has 0 aliphatic carbocycles. The first kappa shape index (κ1) is 24.2. The number of likely N-dealkylation sites (N-methyl/N-ethyl adjacent to an activating group) is 1. The van der Waals surface area contributed by atoms with Crippen LogP contribution < -0.4 is 15.4 Å². The number of amides is 1. The molecular formula is C20H31IN4O3. The van der Waals surface area contributed by atoms with Crippen LogP contribution in [0.2, 0.25) is 0 Å². The third kappa shape index (κ3) is 8.47. The molecule has 28 heavy (non-hydrogen) atoms. The van der Waals surface area contributed by atoms with E-state index < -0.39 is 0 Å². The Morgan fingerprint density at radius 1 is 1.39 bits per heavy atom. The molecule has 1 unspecified atom stereocenters. The van der Waals surface area contributed by atoms with Gasteiger partial charge in [0.1, 0.15) is 12.4 Å². The van der Waals surface area contributed by atoms with Crippen LogP contribution in [0.25, 0.3) is 0 Å². The second kappa shape index (κ2) is 13.4. The van der Waals surface area contributed by atoms with E-state index >= 15 is 0 Å². The van der Waals surface area contributed by atoms with Crippen molar-refractivity contribution in [2.45, 2.75) is 13.0 Å². The van der Waals surface area contributed by atoms with Gasteiger partial charge in [0.15, 0.2) is 5.96 Å². The van der Waals surface area contributed by atoms with E-state index in [2.05, 4.69) is 22.2 Å². The van der Waals surface area contributed by atoms with Crippen LogP contribution in [0, 0.1) is 5.92 Å². The monoisotopic (exact) mass is 502 g/mol. The maximum absolute atomic E-state index is 11.9. The van der Waals surface area contributed by atoms with Gasteiger partial charge in [0.2, 0.25) is 5.91 Å². The number of halogens is 1. The van der Waals surface area contributed by atoms with E-state index in [9.17, 15) is 4.79 Å². The summed E-state index contributed by atoms with van der Waals surface area (Å²) in [5.41, 5.74) is 0.976. The molecule has 1 heterocycles. The lowest BCUT2D eigenvalue weighted by Gasteiger charge is -2.17. The minimum atomic E-state index is -0.0107. The SMILES string of the molecule is C=CCOc1ccccc1CN=C(NCC(=O)N(C)C)NCC1CCOC1.I. The molecule has 0 bridgehead atoms. The van der Waals surface area contributed by atoms with Crippen LogP contribution in [0.15, 0.2) is 41.9 Å². The number of aliphatic imine (C=N–C) groups is 1. The molecule has 1 atom stereocenters. The molecule has 0 spiro atoms. The van der Waals surface area contributed by atoms with Gasteiger partial charge in [-0.25, -0.2) is 4.99 Å². The highest BCUT2D eigenvalue weighted by atomic mass is 127. The van der Waals surface area contributed by atoms with Gasteiger partial charge in [0, 0.05) is 38.7 Å². The van der Waals surface area contributed by atoms with Crippen LogP contribution in [-0.2, 0) is 16.1 Å². The number of ether oxygens (including phenoxy) is 2. The Bertz CT molecular complexity index is 646. The van der Waals surface area contributed by atoms with Gasteiger partial charge in [-0.05, 0) is 12.5 Å². The van der Waals surface area contributed by atoms with E-state index in [0.717, 1.165) is 37.5 Å². The summed E-state index contributed by atoms with van der Waals surface area (Å²) in [7, 11) is 3.47. The van der Waals surface area contributed by atoms with Crippen molar-refractivity contribution in [1.29, 1.82) is 0 Å². The molecule has 1 aliphatic rings. The molecule has 0 radical (unpaired) electrons. The Labute approximate surface area is 184 Å². The minimum absolute atomic E-state index is 0. The van der Waals surface area contributed by atoms with Gasteiger partial charge in [-0.2, -0.15) is 0 Å². The summed E-state index contributed by atoms with van der Waals surface area (Å²) in [5.74, 6) is 1.85.